The van der Waals surface area contributed by atoms with Gasteiger partial charge in [-0.1, -0.05) is 78.9 Å². The highest BCUT2D eigenvalue weighted by molar-refractivity contribution is 6.19. The maximum absolute atomic E-state index is 6.34. The Morgan fingerprint density at radius 1 is 0.541 bits per heavy atom. The second-order valence-corrected chi connectivity index (χ2v) is 9.27. The van der Waals surface area contributed by atoms with Crippen LogP contribution in [0.25, 0.3) is 77.2 Å². The summed E-state index contributed by atoms with van der Waals surface area (Å²) in [4.78, 5) is 14.7. The SMILES string of the molecule is c1cnc2c(c1)ccc1ccc(-c3ccc(-c4nc5ccccc5c5oc6ccccc6c45)cc3)nc12. The molecule has 0 amide bonds. The van der Waals surface area contributed by atoms with Crippen LogP contribution in [0.4, 0.5) is 0 Å². The maximum atomic E-state index is 6.34. The van der Waals surface area contributed by atoms with Crippen molar-refractivity contribution in [2.24, 2.45) is 0 Å². The van der Waals surface area contributed by atoms with Crippen LogP contribution in [0.15, 0.2) is 120 Å². The zero-order chi connectivity index (χ0) is 24.3. The standard InChI is InChI=1S/C33H19N3O/c1-3-9-27-24(7-1)33-29(25-8-2-4-10-28(25)37-33)30(36-27)22-13-11-20(12-14-22)26-18-17-23-16-15-21-6-5-19-34-31(21)32(23)35-26/h1-19H. The topological polar surface area (TPSA) is 51.8 Å². The van der Waals surface area contributed by atoms with E-state index < -0.39 is 0 Å². The molecule has 0 bridgehead atoms. The van der Waals surface area contributed by atoms with Crippen LogP contribution in [0.2, 0.25) is 0 Å². The fraction of sp³-hybridized carbons (Fsp3) is 0. The molecule has 0 saturated carbocycles. The molecule has 4 nitrogen and oxygen atoms in total. The number of para-hydroxylation sites is 2. The lowest BCUT2D eigenvalue weighted by atomic mass is 10.0. The van der Waals surface area contributed by atoms with Gasteiger partial charge in [0.1, 0.15) is 11.2 Å². The molecule has 172 valence electrons. The van der Waals surface area contributed by atoms with E-state index in [2.05, 4.69) is 71.7 Å². The van der Waals surface area contributed by atoms with E-state index in [-0.39, 0.29) is 0 Å². The van der Waals surface area contributed by atoms with Crippen molar-refractivity contribution in [2.45, 2.75) is 0 Å². The van der Waals surface area contributed by atoms with Crippen LogP contribution in [0.1, 0.15) is 0 Å². The monoisotopic (exact) mass is 473 g/mol. The summed E-state index contributed by atoms with van der Waals surface area (Å²) in [6.45, 7) is 0. The number of nitrogens with zero attached hydrogens (tertiary/aromatic N) is 3. The van der Waals surface area contributed by atoms with Gasteiger partial charge in [-0.15, -0.1) is 0 Å². The van der Waals surface area contributed by atoms with Crippen molar-refractivity contribution in [3.05, 3.63) is 115 Å². The Hall–Kier alpha value is -5.09. The summed E-state index contributed by atoms with van der Waals surface area (Å²) >= 11 is 0. The van der Waals surface area contributed by atoms with Crippen LogP contribution >= 0.6 is 0 Å². The number of pyridine rings is 3. The highest BCUT2D eigenvalue weighted by atomic mass is 16.3. The molecule has 0 aliphatic carbocycles. The third-order valence-electron chi connectivity index (χ3n) is 7.10. The lowest BCUT2D eigenvalue weighted by molar-refractivity contribution is 0.672. The largest absolute Gasteiger partial charge is 0.455 e. The Balaban J connectivity index is 1.31. The average molecular weight is 474 g/mol. The second-order valence-electron chi connectivity index (χ2n) is 9.27. The molecule has 8 aromatic rings. The first-order valence-electron chi connectivity index (χ1n) is 12.3. The predicted octanol–water partition coefficient (Wildman–Crippen LogP) is 8.56. The first-order valence-corrected chi connectivity index (χ1v) is 12.3. The third-order valence-corrected chi connectivity index (χ3v) is 7.10. The molecule has 0 unspecified atom stereocenters. The average Bonchev–Trinajstić information content (AvgIpc) is 3.37. The Bertz CT molecular complexity index is 2140. The number of benzene rings is 4. The summed E-state index contributed by atoms with van der Waals surface area (Å²) in [5, 5.41) is 5.32. The van der Waals surface area contributed by atoms with Gasteiger partial charge in [0, 0.05) is 38.9 Å². The Morgan fingerprint density at radius 3 is 2.16 bits per heavy atom. The highest BCUT2D eigenvalue weighted by Crippen LogP contribution is 2.39. The van der Waals surface area contributed by atoms with Crippen LogP contribution in [0, 0.1) is 0 Å². The summed E-state index contributed by atoms with van der Waals surface area (Å²) in [5.41, 5.74) is 8.44. The van der Waals surface area contributed by atoms with Gasteiger partial charge in [0.25, 0.3) is 0 Å². The first kappa shape index (κ1) is 20.1. The van der Waals surface area contributed by atoms with Crippen molar-refractivity contribution >= 4 is 54.6 Å². The van der Waals surface area contributed by atoms with Gasteiger partial charge < -0.3 is 4.42 Å². The summed E-state index contributed by atoms with van der Waals surface area (Å²) in [7, 11) is 0. The van der Waals surface area contributed by atoms with E-state index in [1.807, 2.05) is 48.7 Å². The molecule has 4 aromatic carbocycles. The van der Waals surface area contributed by atoms with Gasteiger partial charge in [-0.05, 0) is 30.3 Å². The quantitative estimate of drug-likeness (QED) is 0.236. The molecule has 4 aromatic heterocycles. The Labute approximate surface area is 211 Å². The van der Waals surface area contributed by atoms with Crippen LogP contribution in [0.3, 0.4) is 0 Å². The zero-order valence-corrected chi connectivity index (χ0v) is 19.7. The lowest BCUT2D eigenvalue weighted by Crippen LogP contribution is -1.90. The van der Waals surface area contributed by atoms with Crippen molar-refractivity contribution in [1.29, 1.82) is 0 Å². The minimum Gasteiger partial charge on any atom is -0.455 e. The van der Waals surface area contributed by atoms with Crippen LogP contribution in [-0.2, 0) is 0 Å². The van der Waals surface area contributed by atoms with Gasteiger partial charge in [-0.2, -0.15) is 0 Å². The molecule has 0 aliphatic rings. The maximum Gasteiger partial charge on any atom is 0.147 e. The molecule has 8 rings (SSSR count). The molecule has 0 spiro atoms. The molecule has 0 saturated heterocycles. The van der Waals surface area contributed by atoms with E-state index >= 15 is 0 Å². The van der Waals surface area contributed by atoms with E-state index in [0.29, 0.717) is 0 Å². The van der Waals surface area contributed by atoms with Crippen molar-refractivity contribution in [3.63, 3.8) is 0 Å². The summed E-state index contributed by atoms with van der Waals surface area (Å²) in [6, 6.07) is 37.2. The lowest BCUT2D eigenvalue weighted by Gasteiger charge is -2.09. The number of furan rings is 1. The number of fused-ring (bicyclic) bond motifs is 8. The van der Waals surface area contributed by atoms with E-state index in [9.17, 15) is 0 Å². The highest BCUT2D eigenvalue weighted by Gasteiger charge is 2.17. The molecule has 37 heavy (non-hydrogen) atoms. The third kappa shape index (κ3) is 3.06. The van der Waals surface area contributed by atoms with Gasteiger partial charge in [-0.3, -0.25) is 4.98 Å². The molecule has 4 heteroatoms. The fourth-order valence-electron chi connectivity index (χ4n) is 5.30. The first-order chi connectivity index (χ1) is 18.3. The number of aromatic nitrogens is 3. The van der Waals surface area contributed by atoms with Gasteiger partial charge in [0.05, 0.1) is 33.3 Å². The fourth-order valence-corrected chi connectivity index (χ4v) is 5.30. The normalized spacial score (nSPS) is 11.8. The van der Waals surface area contributed by atoms with Gasteiger partial charge in [0.2, 0.25) is 0 Å². The molecular weight excluding hydrogens is 454 g/mol. The van der Waals surface area contributed by atoms with Crippen molar-refractivity contribution < 1.29 is 4.42 Å². The van der Waals surface area contributed by atoms with E-state index in [0.717, 1.165) is 77.2 Å². The van der Waals surface area contributed by atoms with E-state index in [4.69, 9.17) is 14.4 Å². The van der Waals surface area contributed by atoms with Crippen LogP contribution in [-0.4, -0.2) is 15.0 Å². The van der Waals surface area contributed by atoms with Crippen molar-refractivity contribution in [1.82, 2.24) is 15.0 Å². The second kappa shape index (κ2) is 7.70. The molecule has 0 N–H and O–H groups in total. The Morgan fingerprint density at radius 2 is 1.27 bits per heavy atom. The van der Waals surface area contributed by atoms with Crippen LogP contribution in [0.5, 0.6) is 0 Å². The van der Waals surface area contributed by atoms with Gasteiger partial charge in [-0.25, -0.2) is 9.97 Å². The smallest absolute Gasteiger partial charge is 0.147 e. The molecule has 4 heterocycles. The summed E-state index contributed by atoms with van der Waals surface area (Å²) in [6.07, 6.45) is 1.82. The van der Waals surface area contributed by atoms with E-state index in [1.165, 1.54) is 0 Å². The van der Waals surface area contributed by atoms with Gasteiger partial charge >= 0.3 is 0 Å². The minimum atomic E-state index is 0.870. The molecule has 0 fully saturated rings. The molecule has 0 aliphatic heterocycles. The summed E-state index contributed by atoms with van der Waals surface area (Å²) in [5.74, 6) is 0. The predicted molar refractivity (Wildman–Crippen MR) is 150 cm³/mol. The molecular formula is C33H19N3O. The van der Waals surface area contributed by atoms with E-state index in [1.54, 1.807) is 0 Å². The summed E-state index contributed by atoms with van der Waals surface area (Å²) < 4.78 is 6.34. The number of rotatable bonds is 2. The molecule has 0 radical (unpaired) electrons. The Kier molecular flexibility index (Phi) is 4.19. The minimum absolute atomic E-state index is 0.870. The number of hydrogen-bond donors (Lipinski definition) is 0. The zero-order valence-electron chi connectivity index (χ0n) is 19.7. The number of hydrogen-bond acceptors (Lipinski definition) is 4. The van der Waals surface area contributed by atoms with Gasteiger partial charge in [0.15, 0.2) is 0 Å². The molecule has 0 atom stereocenters. The van der Waals surface area contributed by atoms with Crippen molar-refractivity contribution in [3.8, 4) is 22.5 Å². The van der Waals surface area contributed by atoms with Crippen molar-refractivity contribution in [2.75, 3.05) is 0 Å². The van der Waals surface area contributed by atoms with Crippen LogP contribution < -0.4 is 0 Å².